The molecule has 0 saturated heterocycles. The molecular weight excluding hydrogens is 114 g/mol. The van der Waals surface area contributed by atoms with Gasteiger partial charge in [0.2, 0.25) is 0 Å². The highest BCUT2D eigenvalue weighted by Crippen LogP contribution is 1.92. The predicted octanol–water partition coefficient (Wildman–Crippen LogP) is -0.706. The first kappa shape index (κ1) is 7.23. The van der Waals surface area contributed by atoms with Crippen molar-refractivity contribution in [2.24, 2.45) is 5.14 Å². The van der Waals surface area contributed by atoms with Crippen LogP contribution in [0.5, 0.6) is 0 Å². The molecule has 0 unspecified atom stereocenters. The molecule has 0 aromatic rings. The van der Waals surface area contributed by atoms with E-state index in [1.165, 1.54) is 0 Å². The van der Waals surface area contributed by atoms with Gasteiger partial charge in [0.25, 0.3) is 0 Å². The highest BCUT2D eigenvalue weighted by Gasteiger charge is 1.92. The SMILES string of the molecule is NSCCC(O)O. The molecule has 0 amide bonds. The molecule has 0 aliphatic heterocycles. The second-order valence-corrected chi connectivity index (χ2v) is 1.88. The monoisotopic (exact) mass is 123 g/mol. The van der Waals surface area contributed by atoms with Crippen LogP contribution in [0.3, 0.4) is 0 Å². The Hall–Kier alpha value is 0.230. The minimum absolute atomic E-state index is 0.348. The highest BCUT2D eigenvalue weighted by atomic mass is 32.2. The van der Waals surface area contributed by atoms with Gasteiger partial charge < -0.3 is 10.2 Å². The maximum atomic E-state index is 8.17. The summed E-state index contributed by atoms with van der Waals surface area (Å²) in [5.74, 6) is 0.595. The van der Waals surface area contributed by atoms with Crippen molar-refractivity contribution >= 4 is 11.9 Å². The maximum Gasteiger partial charge on any atom is 0.152 e. The van der Waals surface area contributed by atoms with Crippen molar-refractivity contribution in [3.05, 3.63) is 0 Å². The zero-order valence-electron chi connectivity index (χ0n) is 3.87. The smallest absolute Gasteiger partial charge is 0.152 e. The fourth-order valence-corrected chi connectivity index (χ4v) is 0.520. The van der Waals surface area contributed by atoms with Crippen LogP contribution in [0.1, 0.15) is 6.42 Å². The van der Waals surface area contributed by atoms with E-state index in [-0.39, 0.29) is 0 Å². The summed E-state index contributed by atoms with van der Waals surface area (Å²) in [4.78, 5) is 0. The minimum Gasteiger partial charge on any atom is -0.368 e. The number of hydrogen-bond donors (Lipinski definition) is 3. The van der Waals surface area contributed by atoms with Gasteiger partial charge in [-0.2, -0.15) is 0 Å². The van der Waals surface area contributed by atoms with Gasteiger partial charge in [0.05, 0.1) is 0 Å². The van der Waals surface area contributed by atoms with E-state index in [1.807, 2.05) is 0 Å². The van der Waals surface area contributed by atoms with Crippen LogP contribution >= 0.6 is 11.9 Å². The molecule has 0 radical (unpaired) electrons. The number of hydrogen-bond acceptors (Lipinski definition) is 4. The number of aliphatic hydroxyl groups is 2. The van der Waals surface area contributed by atoms with Gasteiger partial charge >= 0.3 is 0 Å². The van der Waals surface area contributed by atoms with Gasteiger partial charge in [0.15, 0.2) is 6.29 Å². The number of rotatable bonds is 3. The zero-order chi connectivity index (χ0) is 5.70. The van der Waals surface area contributed by atoms with Gasteiger partial charge in [0, 0.05) is 12.2 Å². The molecule has 0 heterocycles. The average molecular weight is 123 g/mol. The maximum absolute atomic E-state index is 8.17. The van der Waals surface area contributed by atoms with E-state index in [0.29, 0.717) is 12.2 Å². The van der Waals surface area contributed by atoms with Crippen LogP contribution in [0.4, 0.5) is 0 Å². The Balaban J connectivity index is 2.68. The topological polar surface area (TPSA) is 66.5 Å². The summed E-state index contributed by atoms with van der Waals surface area (Å²) in [6.45, 7) is 0. The molecule has 3 nitrogen and oxygen atoms in total. The van der Waals surface area contributed by atoms with Crippen LogP contribution in [-0.2, 0) is 0 Å². The molecule has 0 aromatic heterocycles. The second-order valence-electron chi connectivity index (χ2n) is 1.14. The van der Waals surface area contributed by atoms with E-state index < -0.39 is 6.29 Å². The quantitative estimate of drug-likeness (QED) is 0.343. The Kier molecular flexibility index (Phi) is 4.53. The Morgan fingerprint density at radius 2 is 2.14 bits per heavy atom. The van der Waals surface area contributed by atoms with E-state index in [2.05, 4.69) is 0 Å². The van der Waals surface area contributed by atoms with Crippen LogP contribution < -0.4 is 5.14 Å². The lowest BCUT2D eigenvalue weighted by Gasteiger charge is -1.97. The fraction of sp³-hybridized carbons (Fsp3) is 1.00. The molecule has 0 aliphatic carbocycles. The Morgan fingerprint density at radius 3 is 2.29 bits per heavy atom. The molecular formula is C3H9NO2S. The molecule has 0 spiro atoms. The summed E-state index contributed by atoms with van der Waals surface area (Å²) in [5.41, 5.74) is 0. The van der Waals surface area contributed by atoms with E-state index in [9.17, 15) is 0 Å². The van der Waals surface area contributed by atoms with E-state index in [4.69, 9.17) is 15.4 Å². The normalized spacial score (nSPS) is 10.3. The van der Waals surface area contributed by atoms with Crippen molar-refractivity contribution in [2.75, 3.05) is 5.75 Å². The van der Waals surface area contributed by atoms with Crippen molar-refractivity contribution < 1.29 is 10.2 Å². The van der Waals surface area contributed by atoms with Crippen molar-refractivity contribution in [1.82, 2.24) is 0 Å². The zero-order valence-corrected chi connectivity index (χ0v) is 4.69. The summed E-state index contributed by atoms with van der Waals surface area (Å²) in [5, 5.41) is 21.3. The van der Waals surface area contributed by atoms with Gasteiger partial charge in [-0.05, 0) is 0 Å². The van der Waals surface area contributed by atoms with Gasteiger partial charge in [0.1, 0.15) is 0 Å². The predicted molar refractivity (Wildman–Crippen MR) is 29.5 cm³/mol. The third-order valence-electron chi connectivity index (χ3n) is 0.494. The minimum atomic E-state index is -1.20. The summed E-state index contributed by atoms with van der Waals surface area (Å²) in [7, 11) is 0. The molecule has 7 heavy (non-hydrogen) atoms. The molecule has 0 rings (SSSR count). The highest BCUT2D eigenvalue weighted by molar-refractivity contribution is 7.97. The van der Waals surface area contributed by atoms with E-state index in [1.54, 1.807) is 0 Å². The Labute approximate surface area is 46.7 Å². The summed E-state index contributed by atoms with van der Waals surface area (Å²) < 4.78 is 0. The standard InChI is InChI=1S/C3H9NO2S/c4-7-2-1-3(5)6/h3,5-6H,1-2,4H2. The van der Waals surface area contributed by atoms with Crippen LogP contribution in [-0.4, -0.2) is 22.3 Å². The lowest BCUT2D eigenvalue weighted by molar-refractivity contribution is -0.0404. The Morgan fingerprint density at radius 1 is 1.57 bits per heavy atom. The lowest BCUT2D eigenvalue weighted by atomic mass is 10.5. The fourth-order valence-electron chi connectivity index (χ4n) is 0.173. The van der Waals surface area contributed by atoms with Gasteiger partial charge in [-0.25, -0.2) is 0 Å². The van der Waals surface area contributed by atoms with Crippen molar-refractivity contribution in [1.29, 1.82) is 0 Å². The van der Waals surface area contributed by atoms with Crippen molar-refractivity contribution in [2.45, 2.75) is 12.7 Å². The third kappa shape index (κ3) is 6.23. The molecule has 0 fully saturated rings. The van der Waals surface area contributed by atoms with Crippen LogP contribution in [0.15, 0.2) is 0 Å². The van der Waals surface area contributed by atoms with Crippen LogP contribution in [0.2, 0.25) is 0 Å². The molecule has 0 aromatic carbocycles. The van der Waals surface area contributed by atoms with Crippen molar-refractivity contribution in [3.63, 3.8) is 0 Å². The molecule has 4 N–H and O–H groups in total. The van der Waals surface area contributed by atoms with Gasteiger partial charge in [-0.15, -0.1) is 0 Å². The van der Waals surface area contributed by atoms with Crippen LogP contribution in [0, 0.1) is 0 Å². The molecule has 0 bridgehead atoms. The third-order valence-corrected chi connectivity index (χ3v) is 0.965. The lowest BCUT2D eigenvalue weighted by Crippen LogP contribution is -2.05. The first-order valence-electron chi connectivity index (χ1n) is 1.95. The molecule has 44 valence electrons. The van der Waals surface area contributed by atoms with E-state index >= 15 is 0 Å². The van der Waals surface area contributed by atoms with Crippen LogP contribution in [0.25, 0.3) is 0 Å². The molecule has 0 aliphatic rings. The average Bonchev–Trinajstić information content (AvgIpc) is 1.61. The second kappa shape index (κ2) is 4.39. The summed E-state index contributed by atoms with van der Waals surface area (Å²) >= 11 is 1.11. The summed E-state index contributed by atoms with van der Waals surface area (Å²) in [6.07, 6.45) is -0.850. The molecule has 4 heteroatoms. The Bertz CT molecular complexity index is 41.9. The summed E-state index contributed by atoms with van der Waals surface area (Å²) in [6, 6.07) is 0. The van der Waals surface area contributed by atoms with Gasteiger partial charge in [-0.1, -0.05) is 11.9 Å². The molecule has 0 atom stereocenters. The first-order valence-corrected chi connectivity index (χ1v) is 3.00. The van der Waals surface area contributed by atoms with E-state index in [0.717, 1.165) is 11.9 Å². The van der Waals surface area contributed by atoms with Gasteiger partial charge in [-0.3, -0.25) is 5.14 Å². The molecule has 0 saturated carbocycles. The van der Waals surface area contributed by atoms with Crippen molar-refractivity contribution in [3.8, 4) is 0 Å². The first-order chi connectivity index (χ1) is 3.27. The largest absolute Gasteiger partial charge is 0.368 e. The number of aliphatic hydroxyl groups excluding tert-OH is 1. The number of nitrogens with two attached hydrogens (primary N) is 1.